The summed E-state index contributed by atoms with van der Waals surface area (Å²) in [6, 6.07) is 16.5. The molecule has 2 aromatic carbocycles. The molecule has 0 aliphatic heterocycles. The molecule has 6 nitrogen and oxygen atoms in total. The molecule has 0 fully saturated rings. The van der Waals surface area contributed by atoms with Crippen molar-refractivity contribution in [1.82, 2.24) is 15.6 Å². The maximum Gasteiger partial charge on any atom is 0.251 e. The van der Waals surface area contributed by atoms with E-state index in [2.05, 4.69) is 40.7 Å². The van der Waals surface area contributed by atoms with Gasteiger partial charge in [-0.3, -0.25) is 4.79 Å². The van der Waals surface area contributed by atoms with E-state index in [-0.39, 0.29) is 18.0 Å². The number of carbonyl (C=O) groups excluding carboxylic acids is 1. The Kier molecular flexibility index (Phi) is 10.7. The summed E-state index contributed by atoms with van der Waals surface area (Å²) >= 11 is 0. The van der Waals surface area contributed by atoms with Crippen molar-refractivity contribution in [2.45, 2.75) is 52.1 Å². The molecule has 0 aliphatic rings. The lowest BCUT2D eigenvalue weighted by molar-refractivity contribution is 0.0934. The number of aryl methyl sites for hydroxylation is 1. The first-order chi connectivity index (χ1) is 18.3. The molecule has 1 aromatic heterocycles. The first-order valence-electron chi connectivity index (χ1n) is 13.0. The van der Waals surface area contributed by atoms with Crippen LogP contribution in [0, 0.1) is 23.0 Å². The van der Waals surface area contributed by atoms with Crippen LogP contribution >= 0.6 is 0 Å². The molecule has 0 saturated carbocycles. The molecule has 2 N–H and O–H groups in total. The van der Waals surface area contributed by atoms with Crippen LogP contribution in [-0.4, -0.2) is 37.1 Å². The number of aromatic nitrogens is 1. The largest absolute Gasteiger partial charge is 0.360 e. The number of nitriles is 1. The van der Waals surface area contributed by atoms with Crippen molar-refractivity contribution in [2.75, 3.05) is 25.0 Å². The Morgan fingerprint density at radius 2 is 1.79 bits per heavy atom. The molecule has 3 rings (SSSR count). The number of nitrogens with zero attached hydrogens (tertiary/aromatic N) is 3. The summed E-state index contributed by atoms with van der Waals surface area (Å²) < 4.78 is 27.7. The Morgan fingerprint density at radius 3 is 2.47 bits per heavy atom. The fraction of sp³-hybridized carbons (Fsp3) is 0.367. The molecule has 0 radical (unpaired) electrons. The van der Waals surface area contributed by atoms with E-state index in [9.17, 15) is 18.8 Å². The standard InChI is InChI=1S/C30H35F2N5O/c1-4-11-37(3)29-17-24(16-28(19-33)35-29)30(38)36-27(15-23-13-25(31)18-26(32)14-23)9-10-34-20-22-8-6-7-21(5-2)12-22/h6-8,12-14,16-18,27,34H,4-5,9-11,15,20H2,1-3H3,(H,36,38)/t27-/m1/s1. The maximum atomic E-state index is 13.8. The van der Waals surface area contributed by atoms with Crippen LogP contribution in [0.3, 0.4) is 0 Å². The number of hydrogen-bond acceptors (Lipinski definition) is 5. The molecule has 200 valence electrons. The molecule has 1 atom stereocenters. The van der Waals surface area contributed by atoms with Crippen molar-refractivity contribution in [3.63, 3.8) is 0 Å². The molecule has 0 aliphatic carbocycles. The van der Waals surface area contributed by atoms with Gasteiger partial charge in [-0.25, -0.2) is 13.8 Å². The predicted molar refractivity (Wildman–Crippen MR) is 146 cm³/mol. The van der Waals surface area contributed by atoms with Crippen molar-refractivity contribution >= 4 is 11.7 Å². The van der Waals surface area contributed by atoms with Gasteiger partial charge in [0.2, 0.25) is 0 Å². The molecule has 1 heterocycles. The molecule has 0 unspecified atom stereocenters. The van der Waals surface area contributed by atoms with Gasteiger partial charge in [0.15, 0.2) is 0 Å². The van der Waals surface area contributed by atoms with Crippen molar-refractivity contribution in [2.24, 2.45) is 0 Å². The van der Waals surface area contributed by atoms with E-state index in [0.717, 1.165) is 25.5 Å². The van der Waals surface area contributed by atoms with Gasteiger partial charge in [-0.15, -0.1) is 0 Å². The number of hydrogen-bond donors (Lipinski definition) is 2. The average molecular weight is 520 g/mol. The number of halogens is 2. The highest BCUT2D eigenvalue weighted by molar-refractivity contribution is 5.95. The van der Waals surface area contributed by atoms with E-state index in [0.29, 0.717) is 36.5 Å². The van der Waals surface area contributed by atoms with E-state index in [1.807, 2.05) is 31.0 Å². The van der Waals surface area contributed by atoms with E-state index < -0.39 is 17.7 Å². The monoisotopic (exact) mass is 519 g/mol. The fourth-order valence-electron chi connectivity index (χ4n) is 4.33. The highest BCUT2D eigenvalue weighted by Crippen LogP contribution is 2.16. The predicted octanol–water partition coefficient (Wildman–Crippen LogP) is 5.16. The highest BCUT2D eigenvalue weighted by Gasteiger charge is 2.18. The summed E-state index contributed by atoms with van der Waals surface area (Å²) in [5.74, 6) is -1.14. The van der Waals surface area contributed by atoms with Crippen molar-refractivity contribution in [1.29, 1.82) is 5.26 Å². The molecule has 38 heavy (non-hydrogen) atoms. The quantitative estimate of drug-likeness (QED) is 0.305. The van der Waals surface area contributed by atoms with Crippen LogP contribution in [0.2, 0.25) is 0 Å². The smallest absolute Gasteiger partial charge is 0.251 e. The van der Waals surface area contributed by atoms with Gasteiger partial charge in [0.25, 0.3) is 5.91 Å². The van der Waals surface area contributed by atoms with Gasteiger partial charge in [0, 0.05) is 37.8 Å². The van der Waals surface area contributed by atoms with E-state index in [4.69, 9.17) is 0 Å². The van der Waals surface area contributed by atoms with Crippen LogP contribution in [0.1, 0.15) is 59.4 Å². The highest BCUT2D eigenvalue weighted by atomic mass is 19.1. The summed E-state index contributed by atoms with van der Waals surface area (Å²) in [7, 11) is 1.86. The van der Waals surface area contributed by atoms with Gasteiger partial charge in [-0.1, -0.05) is 38.1 Å². The molecule has 1 amide bonds. The average Bonchev–Trinajstić information content (AvgIpc) is 2.90. The minimum absolute atomic E-state index is 0.148. The van der Waals surface area contributed by atoms with Gasteiger partial charge in [-0.2, -0.15) is 5.26 Å². The zero-order valence-corrected chi connectivity index (χ0v) is 22.2. The first kappa shape index (κ1) is 28.7. The van der Waals surface area contributed by atoms with Gasteiger partial charge in [0.05, 0.1) is 0 Å². The number of amides is 1. The second kappa shape index (κ2) is 14.2. The minimum Gasteiger partial charge on any atom is -0.360 e. The third-order valence-electron chi connectivity index (χ3n) is 6.28. The van der Waals surface area contributed by atoms with Crippen LogP contribution in [0.4, 0.5) is 14.6 Å². The van der Waals surface area contributed by atoms with Crippen molar-refractivity contribution in [3.8, 4) is 6.07 Å². The number of pyridine rings is 1. The Balaban J connectivity index is 1.74. The molecular weight excluding hydrogens is 484 g/mol. The van der Waals surface area contributed by atoms with Crippen LogP contribution in [-0.2, 0) is 19.4 Å². The minimum atomic E-state index is -0.657. The molecule has 8 heteroatoms. The lowest BCUT2D eigenvalue weighted by Gasteiger charge is -2.21. The molecule has 0 bridgehead atoms. The lowest BCUT2D eigenvalue weighted by Crippen LogP contribution is -2.38. The zero-order valence-electron chi connectivity index (χ0n) is 22.2. The Morgan fingerprint density at radius 1 is 1.05 bits per heavy atom. The Labute approximate surface area is 223 Å². The maximum absolute atomic E-state index is 13.8. The van der Waals surface area contributed by atoms with Crippen molar-refractivity contribution < 1.29 is 13.6 Å². The van der Waals surface area contributed by atoms with E-state index >= 15 is 0 Å². The van der Waals surface area contributed by atoms with Gasteiger partial charge >= 0.3 is 0 Å². The molecule has 0 spiro atoms. The van der Waals surface area contributed by atoms with Crippen LogP contribution < -0.4 is 15.5 Å². The normalized spacial score (nSPS) is 11.6. The summed E-state index contributed by atoms with van der Waals surface area (Å²) in [6.07, 6.45) is 2.64. The van der Waals surface area contributed by atoms with Gasteiger partial charge < -0.3 is 15.5 Å². The summed E-state index contributed by atoms with van der Waals surface area (Å²) in [5, 5.41) is 15.8. The van der Waals surface area contributed by atoms with Crippen LogP contribution in [0.15, 0.2) is 54.6 Å². The third-order valence-corrected chi connectivity index (χ3v) is 6.28. The lowest BCUT2D eigenvalue weighted by atomic mass is 10.0. The SMILES string of the molecule is CCCN(C)c1cc(C(=O)N[C@H](CCNCc2cccc(CC)c2)Cc2cc(F)cc(F)c2)cc(C#N)n1. The van der Waals surface area contributed by atoms with E-state index in [1.165, 1.54) is 29.3 Å². The van der Waals surface area contributed by atoms with Crippen molar-refractivity contribution in [3.05, 3.63) is 94.2 Å². The van der Waals surface area contributed by atoms with Crippen LogP contribution in [0.25, 0.3) is 0 Å². The molecular formula is C30H35F2N5O. The first-order valence-corrected chi connectivity index (χ1v) is 13.0. The second-order valence-corrected chi connectivity index (χ2v) is 9.42. The van der Waals surface area contributed by atoms with E-state index in [1.54, 1.807) is 6.07 Å². The molecule has 3 aromatic rings. The Hall–Kier alpha value is -3.83. The molecule has 0 saturated heterocycles. The van der Waals surface area contributed by atoms with Gasteiger partial charge in [0.1, 0.15) is 29.2 Å². The zero-order chi connectivity index (χ0) is 27.5. The second-order valence-electron chi connectivity index (χ2n) is 9.42. The number of rotatable bonds is 13. The van der Waals surface area contributed by atoms with Crippen LogP contribution in [0.5, 0.6) is 0 Å². The third kappa shape index (κ3) is 8.63. The number of benzene rings is 2. The summed E-state index contributed by atoms with van der Waals surface area (Å²) in [6.45, 7) is 6.13. The van der Waals surface area contributed by atoms with Gasteiger partial charge in [-0.05, 0) is 73.2 Å². The number of carbonyl (C=O) groups is 1. The fourth-order valence-corrected chi connectivity index (χ4v) is 4.33. The summed E-state index contributed by atoms with van der Waals surface area (Å²) in [5.41, 5.74) is 3.35. The number of anilines is 1. The number of nitrogens with one attached hydrogen (secondary N) is 2. The Bertz CT molecular complexity index is 1250. The summed E-state index contributed by atoms with van der Waals surface area (Å²) in [4.78, 5) is 19.5. The topological polar surface area (TPSA) is 81.0 Å².